The molecule has 0 spiro atoms. The lowest BCUT2D eigenvalue weighted by atomic mass is 10.1. The van der Waals surface area contributed by atoms with E-state index in [2.05, 4.69) is 15.0 Å². The Morgan fingerprint density at radius 2 is 1.68 bits per heavy atom. The molecular weight excluding hydrogens is 512 g/mol. The monoisotopic (exact) mass is 542 g/mol. The van der Waals surface area contributed by atoms with Crippen molar-refractivity contribution in [2.45, 2.75) is 50.7 Å². The molecule has 2 aromatic carbocycles. The molecule has 0 aliphatic rings. The van der Waals surface area contributed by atoms with Crippen molar-refractivity contribution >= 4 is 33.4 Å². The van der Waals surface area contributed by atoms with Gasteiger partial charge in [0.25, 0.3) is 0 Å². The number of hydrogen-bond acceptors (Lipinski definition) is 5. The molecule has 0 radical (unpaired) electrons. The predicted molar refractivity (Wildman–Crippen MR) is 143 cm³/mol. The number of halogens is 1. The maximum Gasteiger partial charge on any atom is 0.242 e. The highest BCUT2D eigenvalue weighted by molar-refractivity contribution is 7.89. The molecule has 0 unspecified atom stereocenters. The second-order valence-corrected chi connectivity index (χ2v) is 10.7. The molecule has 0 aliphatic heterocycles. The summed E-state index contributed by atoms with van der Waals surface area (Å²) in [6.07, 6.45) is 2.22. The van der Waals surface area contributed by atoms with Crippen molar-refractivity contribution in [2.75, 3.05) is 6.54 Å². The highest BCUT2D eigenvalue weighted by Gasteiger charge is 2.26. The first-order chi connectivity index (χ1) is 17.7. The Hall–Kier alpha value is -3.27. The number of benzene rings is 2. The third-order valence-electron chi connectivity index (χ3n) is 5.80. The normalized spacial score (nSPS) is 12.1. The van der Waals surface area contributed by atoms with E-state index in [0.717, 1.165) is 16.8 Å². The number of carbonyl (C=O) groups excluding carboxylic acids is 2. The molecule has 0 bridgehead atoms. The zero-order valence-corrected chi connectivity index (χ0v) is 22.4. The quantitative estimate of drug-likeness (QED) is 0.363. The van der Waals surface area contributed by atoms with E-state index in [-0.39, 0.29) is 36.2 Å². The predicted octanol–water partition coefficient (Wildman–Crippen LogP) is 3.70. The number of aryl methyl sites for hydroxylation is 1. The molecule has 2 N–H and O–H groups in total. The van der Waals surface area contributed by atoms with Crippen LogP contribution in [-0.2, 0) is 39.1 Å². The van der Waals surface area contributed by atoms with Crippen molar-refractivity contribution in [3.05, 3.63) is 94.8 Å². The molecule has 1 aromatic heterocycles. The second kappa shape index (κ2) is 13.3. The van der Waals surface area contributed by atoms with Crippen molar-refractivity contribution in [3.63, 3.8) is 0 Å². The van der Waals surface area contributed by atoms with Crippen LogP contribution in [0.3, 0.4) is 0 Å². The minimum Gasteiger partial charge on any atom is -0.349 e. The van der Waals surface area contributed by atoms with Gasteiger partial charge < -0.3 is 10.2 Å². The van der Waals surface area contributed by atoms with Crippen LogP contribution < -0.4 is 10.0 Å². The van der Waals surface area contributed by atoms with Gasteiger partial charge >= 0.3 is 0 Å². The van der Waals surface area contributed by atoms with Crippen LogP contribution in [0.25, 0.3) is 0 Å². The lowest BCUT2D eigenvalue weighted by molar-refractivity contribution is -0.140. The smallest absolute Gasteiger partial charge is 0.242 e. The number of sulfonamides is 1. The molecule has 0 saturated carbocycles. The fraction of sp³-hybridized carbons (Fsp3) is 0.296. The SMILES string of the molecule is CCNS(=O)(=O)c1ccc(CCC(=O)N(Cc2ccc(Cl)cc2)[C@@H](C)C(=O)NCc2ccccn2)cc1. The lowest BCUT2D eigenvalue weighted by Crippen LogP contribution is -2.47. The van der Waals surface area contributed by atoms with Gasteiger partial charge in [-0.05, 0) is 60.9 Å². The average Bonchev–Trinajstić information content (AvgIpc) is 2.90. The number of hydrogen-bond donors (Lipinski definition) is 2. The molecule has 1 heterocycles. The van der Waals surface area contributed by atoms with Gasteiger partial charge in [-0.1, -0.05) is 48.9 Å². The molecule has 37 heavy (non-hydrogen) atoms. The van der Waals surface area contributed by atoms with E-state index in [4.69, 9.17) is 11.6 Å². The number of nitrogens with one attached hydrogen (secondary N) is 2. The van der Waals surface area contributed by atoms with Gasteiger partial charge in [0.1, 0.15) is 6.04 Å². The summed E-state index contributed by atoms with van der Waals surface area (Å²) in [5, 5.41) is 3.44. The summed E-state index contributed by atoms with van der Waals surface area (Å²) in [7, 11) is -3.54. The van der Waals surface area contributed by atoms with Crippen molar-refractivity contribution < 1.29 is 18.0 Å². The third-order valence-corrected chi connectivity index (χ3v) is 7.61. The van der Waals surface area contributed by atoms with Crippen LogP contribution in [0, 0.1) is 0 Å². The van der Waals surface area contributed by atoms with Crippen molar-refractivity contribution in [2.24, 2.45) is 0 Å². The Bertz CT molecular complexity index is 1280. The van der Waals surface area contributed by atoms with Gasteiger partial charge in [-0.25, -0.2) is 13.1 Å². The molecule has 3 rings (SSSR count). The van der Waals surface area contributed by atoms with Crippen molar-refractivity contribution in [1.82, 2.24) is 19.9 Å². The Morgan fingerprint density at radius 3 is 2.30 bits per heavy atom. The minimum absolute atomic E-state index is 0.157. The molecule has 8 nitrogen and oxygen atoms in total. The van der Waals surface area contributed by atoms with Gasteiger partial charge in [0.2, 0.25) is 21.8 Å². The van der Waals surface area contributed by atoms with Crippen LogP contribution in [0.4, 0.5) is 0 Å². The largest absolute Gasteiger partial charge is 0.349 e. The first-order valence-electron chi connectivity index (χ1n) is 12.0. The standard InChI is InChI=1S/C27H31ClN4O4S/c1-3-31-37(35,36)25-14-9-21(10-15-25)11-16-26(33)32(19-22-7-12-23(28)13-8-22)20(2)27(34)30-18-24-6-4-5-17-29-24/h4-10,12-15,17,20,31H,3,11,16,18-19H2,1-2H3,(H,30,34)/t20-/m0/s1. The summed E-state index contributed by atoms with van der Waals surface area (Å²) in [6.45, 7) is 4.22. The lowest BCUT2D eigenvalue weighted by Gasteiger charge is -2.29. The van der Waals surface area contributed by atoms with E-state index in [1.807, 2.05) is 24.3 Å². The van der Waals surface area contributed by atoms with Gasteiger partial charge in [0.05, 0.1) is 17.1 Å². The molecule has 0 aliphatic carbocycles. The first kappa shape index (κ1) is 28.3. The number of aromatic nitrogens is 1. The van der Waals surface area contributed by atoms with Gasteiger partial charge in [0.15, 0.2) is 0 Å². The fourth-order valence-electron chi connectivity index (χ4n) is 3.70. The van der Waals surface area contributed by atoms with Crippen LogP contribution in [0.5, 0.6) is 0 Å². The molecule has 10 heteroatoms. The van der Waals surface area contributed by atoms with E-state index in [1.54, 1.807) is 55.3 Å². The van der Waals surface area contributed by atoms with Gasteiger partial charge in [-0.3, -0.25) is 14.6 Å². The maximum absolute atomic E-state index is 13.3. The second-order valence-electron chi connectivity index (χ2n) is 8.51. The van der Waals surface area contributed by atoms with Crippen molar-refractivity contribution in [1.29, 1.82) is 0 Å². The zero-order valence-electron chi connectivity index (χ0n) is 20.9. The van der Waals surface area contributed by atoms with Crippen LogP contribution >= 0.6 is 11.6 Å². The molecule has 196 valence electrons. The molecule has 3 aromatic rings. The Balaban J connectivity index is 1.69. The van der Waals surface area contributed by atoms with Crippen LogP contribution in [0.2, 0.25) is 5.02 Å². The van der Waals surface area contributed by atoms with Gasteiger partial charge in [-0.2, -0.15) is 0 Å². The summed E-state index contributed by atoms with van der Waals surface area (Å²) in [4.78, 5) is 32.2. The first-order valence-corrected chi connectivity index (χ1v) is 13.9. The van der Waals surface area contributed by atoms with E-state index < -0.39 is 16.1 Å². The Morgan fingerprint density at radius 1 is 1.00 bits per heavy atom. The molecule has 1 atom stereocenters. The maximum atomic E-state index is 13.3. The molecule has 0 fully saturated rings. The number of rotatable bonds is 12. The number of carbonyl (C=O) groups is 2. The van der Waals surface area contributed by atoms with Crippen LogP contribution in [0.15, 0.2) is 77.8 Å². The Kier molecular flexibility index (Phi) is 10.2. The molecular formula is C27H31ClN4O4S. The fourth-order valence-corrected chi connectivity index (χ4v) is 4.87. The number of pyridine rings is 1. The minimum atomic E-state index is -3.54. The van der Waals surface area contributed by atoms with E-state index >= 15 is 0 Å². The summed E-state index contributed by atoms with van der Waals surface area (Å²) in [6, 6.07) is 18.3. The van der Waals surface area contributed by atoms with Crippen LogP contribution in [0.1, 0.15) is 37.1 Å². The zero-order chi connectivity index (χ0) is 26.8. The summed E-state index contributed by atoms with van der Waals surface area (Å²) >= 11 is 6.01. The van der Waals surface area contributed by atoms with E-state index in [1.165, 1.54) is 12.1 Å². The average molecular weight is 543 g/mol. The van der Waals surface area contributed by atoms with Crippen LogP contribution in [-0.4, -0.2) is 42.7 Å². The van der Waals surface area contributed by atoms with Gasteiger partial charge in [0, 0.05) is 30.7 Å². The van der Waals surface area contributed by atoms with Crippen molar-refractivity contribution in [3.8, 4) is 0 Å². The van der Waals surface area contributed by atoms with E-state index in [9.17, 15) is 18.0 Å². The number of nitrogens with zero attached hydrogens (tertiary/aromatic N) is 2. The molecule has 0 saturated heterocycles. The van der Waals surface area contributed by atoms with Gasteiger partial charge in [-0.15, -0.1) is 0 Å². The topological polar surface area (TPSA) is 108 Å². The summed E-state index contributed by atoms with van der Waals surface area (Å²) < 4.78 is 26.8. The summed E-state index contributed by atoms with van der Waals surface area (Å²) in [5.74, 6) is -0.481. The molecule has 2 amide bonds. The highest BCUT2D eigenvalue weighted by atomic mass is 35.5. The van der Waals surface area contributed by atoms with E-state index in [0.29, 0.717) is 18.0 Å². The third kappa shape index (κ3) is 8.38. The number of amides is 2. The Labute approximate surface area is 223 Å². The highest BCUT2D eigenvalue weighted by Crippen LogP contribution is 2.17. The summed E-state index contributed by atoms with van der Waals surface area (Å²) in [5.41, 5.74) is 2.39.